The van der Waals surface area contributed by atoms with Gasteiger partial charge in [0.1, 0.15) is 0 Å². The molecule has 2 heteroatoms. The molecule has 0 aliphatic carbocycles. The quantitative estimate of drug-likeness (QED) is 0.645. The molecular weight excluding hydrogens is 168 g/mol. The highest BCUT2D eigenvalue weighted by molar-refractivity contribution is 9.10. The normalized spacial score (nSPS) is 16.1. The van der Waals surface area contributed by atoms with Crippen LogP contribution in [-0.4, -0.2) is 15.5 Å². The Morgan fingerprint density at radius 2 is 2.00 bits per heavy atom. The maximum Gasteiger partial charge on any atom is 0.0525 e. The van der Waals surface area contributed by atoms with Crippen LogP contribution in [0.25, 0.3) is 0 Å². The van der Waals surface area contributed by atoms with Gasteiger partial charge in [0.2, 0.25) is 0 Å². The van der Waals surface area contributed by atoms with E-state index in [0.29, 0.717) is 0 Å². The number of aliphatic hydroxyl groups is 1. The lowest BCUT2D eigenvalue weighted by Crippen LogP contribution is -2.17. The van der Waals surface area contributed by atoms with E-state index in [4.69, 9.17) is 5.11 Å². The third-order valence-corrected chi connectivity index (χ3v) is 1.10. The van der Waals surface area contributed by atoms with Gasteiger partial charge in [-0.2, -0.15) is 0 Å². The van der Waals surface area contributed by atoms with Gasteiger partial charge < -0.3 is 5.11 Å². The highest BCUT2D eigenvalue weighted by Crippen LogP contribution is 2.21. The van der Waals surface area contributed by atoms with Gasteiger partial charge in [-0.25, -0.2) is 0 Å². The van der Waals surface area contributed by atoms with Crippen molar-refractivity contribution < 1.29 is 5.11 Å². The number of rotatable bonds is 2. The molecular formula is C6H13BrO. The summed E-state index contributed by atoms with van der Waals surface area (Å²) in [7, 11) is 0. The summed E-state index contributed by atoms with van der Waals surface area (Å²) < 4.78 is 0.0845. The van der Waals surface area contributed by atoms with E-state index in [1.165, 1.54) is 0 Å². The first-order chi connectivity index (χ1) is 3.42. The minimum Gasteiger partial charge on any atom is -0.393 e. The van der Waals surface area contributed by atoms with Crippen molar-refractivity contribution >= 4 is 15.9 Å². The van der Waals surface area contributed by atoms with Crippen LogP contribution in [-0.2, 0) is 0 Å². The molecule has 0 heterocycles. The van der Waals surface area contributed by atoms with Crippen molar-refractivity contribution in [3.8, 4) is 0 Å². The Labute approximate surface area is 59.2 Å². The molecule has 1 N–H and O–H groups in total. The van der Waals surface area contributed by atoms with Crippen molar-refractivity contribution in [3.05, 3.63) is 0 Å². The summed E-state index contributed by atoms with van der Waals surface area (Å²) in [5.41, 5.74) is 0. The maximum absolute atomic E-state index is 8.86. The fourth-order valence-electron chi connectivity index (χ4n) is 0.702. The van der Waals surface area contributed by atoms with Crippen LogP contribution in [0.1, 0.15) is 27.2 Å². The Hall–Kier alpha value is 0.440. The number of alkyl halides is 1. The predicted molar refractivity (Wildman–Crippen MR) is 39.3 cm³/mol. The molecule has 0 amide bonds. The molecule has 0 bridgehead atoms. The van der Waals surface area contributed by atoms with Gasteiger partial charge in [-0.15, -0.1) is 0 Å². The lowest BCUT2D eigenvalue weighted by atomic mass is 10.1. The molecule has 0 spiro atoms. The van der Waals surface area contributed by atoms with Gasteiger partial charge in [0, 0.05) is 4.32 Å². The Kier molecular flexibility index (Phi) is 2.99. The molecule has 0 saturated carbocycles. The standard InChI is InChI=1S/C6H13BrO/c1-5(8)4-6(2,3)7/h5,8H,4H2,1-3H3. The zero-order valence-corrected chi connectivity index (χ0v) is 7.20. The molecule has 1 unspecified atom stereocenters. The molecule has 0 aliphatic rings. The second-order valence-corrected chi connectivity index (χ2v) is 4.92. The molecule has 1 atom stereocenters. The smallest absolute Gasteiger partial charge is 0.0525 e. The molecule has 0 rings (SSSR count). The van der Waals surface area contributed by atoms with Crippen LogP contribution in [0.5, 0.6) is 0 Å². The van der Waals surface area contributed by atoms with Crippen molar-refractivity contribution in [3.63, 3.8) is 0 Å². The first kappa shape index (κ1) is 8.44. The van der Waals surface area contributed by atoms with E-state index >= 15 is 0 Å². The van der Waals surface area contributed by atoms with Gasteiger partial charge in [0.25, 0.3) is 0 Å². The van der Waals surface area contributed by atoms with Crippen molar-refractivity contribution in [2.45, 2.75) is 37.6 Å². The zero-order chi connectivity index (χ0) is 6.78. The van der Waals surface area contributed by atoms with Gasteiger partial charge >= 0.3 is 0 Å². The van der Waals surface area contributed by atoms with Crippen LogP contribution in [0.4, 0.5) is 0 Å². The number of aliphatic hydroxyl groups excluding tert-OH is 1. The van der Waals surface area contributed by atoms with E-state index < -0.39 is 0 Å². The lowest BCUT2D eigenvalue weighted by Gasteiger charge is -2.16. The summed E-state index contributed by atoms with van der Waals surface area (Å²) in [6.45, 7) is 5.88. The first-order valence-electron chi connectivity index (χ1n) is 2.79. The minimum absolute atomic E-state index is 0.0845. The second-order valence-electron chi connectivity index (χ2n) is 2.77. The molecule has 0 aliphatic heterocycles. The van der Waals surface area contributed by atoms with Crippen LogP contribution in [0.2, 0.25) is 0 Å². The van der Waals surface area contributed by atoms with Crippen LogP contribution >= 0.6 is 15.9 Å². The average Bonchev–Trinajstić information content (AvgIpc) is 1.21. The van der Waals surface area contributed by atoms with E-state index in [2.05, 4.69) is 15.9 Å². The van der Waals surface area contributed by atoms with Crippen molar-refractivity contribution in [2.75, 3.05) is 0 Å². The summed E-state index contributed by atoms with van der Waals surface area (Å²) in [4.78, 5) is 0. The van der Waals surface area contributed by atoms with Gasteiger partial charge in [-0.05, 0) is 27.2 Å². The molecule has 0 aromatic rings. The molecule has 8 heavy (non-hydrogen) atoms. The molecule has 50 valence electrons. The lowest BCUT2D eigenvalue weighted by molar-refractivity contribution is 0.175. The summed E-state index contributed by atoms with van der Waals surface area (Å²) in [6.07, 6.45) is 0.594. The predicted octanol–water partition coefficient (Wildman–Crippen LogP) is 1.93. The summed E-state index contributed by atoms with van der Waals surface area (Å²) in [5, 5.41) is 8.86. The highest BCUT2D eigenvalue weighted by atomic mass is 79.9. The largest absolute Gasteiger partial charge is 0.393 e. The van der Waals surface area contributed by atoms with Crippen molar-refractivity contribution in [1.82, 2.24) is 0 Å². The van der Waals surface area contributed by atoms with Crippen LogP contribution < -0.4 is 0 Å². The van der Waals surface area contributed by atoms with Crippen molar-refractivity contribution in [1.29, 1.82) is 0 Å². The van der Waals surface area contributed by atoms with Gasteiger partial charge in [0.15, 0.2) is 0 Å². The van der Waals surface area contributed by atoms with Gasteiger partial charge in [-0.1, -0.05) is 15.9 Å². The third-order valence-electron chi connectivity index (χ3n) is 0.781. The highest BCUT2D eigenvalue weighted by Gasteiger charge is 2.14. The Morgan fingerprint density at radius 1 is 1.62 bits per heavy atom. The second kappa shape index (κ2) is 2.83. The number of halogens is 1. The third kappa shape index (κ3) is 6.44. The Balaban J connectivity index is 3.39. The molecule has 0 aromatic carbocycles. The fourth-order valence-corrected chi connectivity index (χ4v) is 1.17. The summed E-state index contributed by atoms with van der Waals surface area (Å²) in [5.74, 6) is 0. The molecule has 1 nitrogen and oxygen atoms in total. The first-order valence-corrected chi connectivity index (χ1v) is 3.58. The minimum atomic E-state index is -0.204. The van der Waals surface area contributed by atoms with E-state index in [0.717, 1.165) is 6.42 Å². The van der Waals surface area contributed by atoms with E-state index in [9.17, 15) is 0 Å². The van der Waals surface area contributed by atoms with E-state index in [1.54, 1.807) is 6.92 Å². The van der Waals surface area contributed by atoms with Crippen LogP contribution in [0.3, 0.4) is 0 Å². The summed E-state index contributed by atoms with van der Waals surface area (Å²) in [6, 6.07) is 0. The Bertz CT molecular complexity index is 63.4. The number of hydrogen-bond donors (Lipinski definition) is 1. The Morgan fingerprint density at radius 3 is 2.00 bits per heavy atom. The van der Waals surface area contributed by atoms with Gasteiger partial charge in [0.05, 0.1) is 6.10 Å². The fraction of sp³-hybridized carbons (Fsp3) is 1.00. The maximum atomic E-state index is 8.86. The SMILES string of the molecule is CC(O)CC(C)(C)Br. The van der Waals surface area contributed by atoms with Crippen LogP contribution in [0, 0.1) is 0 Å². The molecule has 0 saturated heterocycles. The molecule has 0 radical (unpaired) electrons. The average molecular weight is 181 g/mol. The number of hydrogen-bond acceptors (Lipinski definition) is 1. The monoisotopic (exact) mass is 180 g/mol. The van der Waals surface area contributed by atoms with Gasteiger partial charge in [-0.3, -0.25) is 0 Å². The topological polar surface area (TPSA) is 20.2 Å². The molecule has 0 fully saturated rings. The molecule has 0 aromatic heterocycles. The summed E-state index contributed by atoms with van der Waals surface area (Å²) >= 11 is 3.42. The van der Waals surface area contributed by atoms with E-state index in [1.807, 2.05) is 13.8 Å². The van der Waals surface area contributed by atoms with Crippen LogP contribution in [0.15, 0.2) is 0 Å². The zero-order valence-electron chi connectivity index (χ0n) is 5.61. The van der Waals surface area contributed by atoms with E-state index in [-0.39, 0.29) is 10.4 Å². The van der Waals surface area contributed by atoms with Crippen molar-refractivity contribution in [2.24, 2.45) is 0 Å².